The zero-order valence-electron chi connectivity index (χ0n) is 12.6. The van der Waals surface area contributed by atoms with Crippen LogP contribution in [-0.2, 0) is 4.79 Å². The number of carbonyl (C=O) groups is 1. The Kier molecular flexibility index (Phi) is 12.8. The highest BCUT2D eigenvalue weighted by molar-refractivity contribution is 5.90. The minimum absolute atomic E-state index is 0.0869. The number of aryl methyl sites for hydroxylation is 1. The van der Waals surface area contributed by atoms with Crippen LogP contribution in [0.3, 0.4) is 0 Å². The summed E-state index contributed by atoms with van der Waals surface area (Å²) in [5.74, 6) is 0.490. The molecule has 1 aromatic carbocycles. The van der Waals surface area contributed by atoms with Gasteiger partial charge in [-0.15, -0.1) is 0 Å². The van der Waals surface area contributed by atoms with E-state index in [0.717, 1.165) is 5.69 Å². The molecule has 3 nitrogen and oxygen atoms in total. The average Bonchev–Trinajstić information content (AvgIpc) is 2.36. The molecule has 0 atom stereocenters. The molecule has 0 unspecified atom stereocenters. The Balaban J connectivity index is 0. The molecule has 1 rings (SSSR count). The van der Waals surface area contributed by atoms with E-state index < -0.39 is 0 Å². The van der Waals surface area contributed by atoms with Gasteiger partial charge in [0.25, 0.3) is 0 Å². The van der Waals surface area contributed by atoms with E-state index in [2.05, 4.69) is 11.1 Å². The molecule has 1 amide bonds. The monoisotopic (exact) mass is 252 g/mol. The van der Waals surface area contributed by atoms with E-state index in [4.69, 9.17) is 0 Å². The van der Waals surface area contributed by atoms with Crippen LogP contribution in [0.1, 0.15) is 39.7 Å². The maximum Gasteiger partial charge on any atom is 0.224 e. The van der Waals surface area contributed by atoms with Crippen molar-refractivity contribution in [2.75, 3.05) is 12.4 Å². The van der Waals surface area contributed by atoms with Crippen LogP contribution in [0.25, 0.3) is 0 Å². The van der Waals surface area contributed by atoms with E-state index in [1.54, 1.807) is 0 Å². The van der Waals surface area contributed by atoms with Crippen LogP contribution in [0, 0.1) is 12.8 Å². The van der Waals surface area contributed by atoms with Crippen molar-refractivity contribution in [1.29, 1.82) is 0 Å². The molecule has 0 heterocycles. The summed E-state index contributed by atoms with van der Waals surface area (Å²) in [5, 5.41) is 2.86. The molecule has 3 N–H and O–H groups in total. The zero-order chi connectivity index (χ0) is 14.6. The fraction of sp³-hybridized carbons (Fsp3) is 0.533. The van der Waals surface area contributed by atoms with Gasteiger partial charge >= 0.3 is 0 Å². The van der Waals surface area contributed by atoms with Gasteiger partial charge in [0.05, 0.1) is 0 Å². The minimum Gasteiger partial charge on any atom is -0.333 e. The van der Waals surface area contributed by atoms with Crippen molar-refractivity contribution in [3.05, 3.63) is 29.8 Å². The quantitative estimate of drug-likeness (QED) is 0.864. The third-order valence-electron chi connectivity index (χ3n) is 1.93. The molecule has 0 fully saturated rings. The molecule has 0 aliphatic rings. The highest BCUT2D eigenvalue weighted by Gasteiger charge is 2.04. The van der Waals surface area contributed by atoms with Gasteiger partial charge in [0.2, 0.25) is 5.91 Å². The van der Waals surface area contributed by atoms with Crippen LogP contribution in [0.4, 0.5) is 5.69 Å². The van der Waals surface area contributed by atoms with E-state index in [9.17, 15) is 4.79 Å². The second-order valence-electron chi connectivity index (χ2n) is 4.01. The average molecular weight is 252 g/mol. The summed E-state index contributed by atoms with van der Waals surface area (Å²) < 4.78 is 0. The largest absolute Gasteiger partial charge is 0.333 e. The fourth-order valence-electron chi connectivity index (χ4n) is 1.22. The number of anilines is 1. The number of nitrogens with two attached hydrogens (primary N) is 1. The van der Waals surface area contributed by atoms with Gasteiger partial charge in [-0.1, -0.05) is 45.4 Å². The lowest BCUT2D eigenvalue weighted by Crippen LogP contribution is -2.13. The molecule has 0 aliphatic heterocycles. The molecule has 0 saturated carbocycles. The van der Waals surface area contributed by atoms with Crippen LogP contribution in [0.15, 0.2) is 24.3 Å². The molecule has 0 radical (unpaired) electrons. The van der Waals surface area contributed by atoms with Gasteiger partial charge in [0, 0.05) is 12.1 Å². The molecule has 0 saturated heterocycles. The van der Waals surface area contributed by atoms with E-state index in [-0.39, 0.29) is 5.91 Å². The van der Waals surface area contributed by atoms with Crippen molar-refractivity contribution in [2.45, 2.75) is 41.0 Å². The molecule has 0 aliphatic carbocycles. The molecule has 1 aromatic rings. The number of rotatable bonds is 3. The second kappa shape index (κ2) is 12.1. The van der Waals surface area contributed by atoms with E-state index in [1.807, 2.05) is 58.9 Å². The molecule has 0 spiro atoms. The van der Waals surface area contributed by atoms with Crippen LogP contribution < -0.4 is 11.1 Å². The number of hydrogen-bond acceptors (Lipinski definition) is 2. The lowest BCUT2D eigenvalue weighted by atomic mass is 10.1. The first-order valence-corrected chi connectivity index (χ1v) is 6.52. The standard InChI is InChI=1S/C12H17NO.C2H6.CH5N/c1-9(2)8-12(14)13-11-6-4-10(3)5-7-11;2*1-2/h4-7,9H,8H2,1-3H3,(H,13,14);1-2H3;2H2,1H3. The second-order valence-corrected chi connectivity index (χ2v) is 4.01. The predicted octanol–water partition coefficient (Wildman–Crippen LogP) is 3.58. The Morgan fingerprint density at radius 3 is 2.00 bits per heavy atom. The summed E-state index contributed by atoms with van der Waals surface area (Å²) in [5.41, 5.74) is 6.58. The van der Waals surface area contributed by atoms with Crippen molar-refractivity contribution >= 4 is 11.6 Å². The third kappa shape index (κ3) is 9.85. The van der Waals surface area contributed by atoms with Gasteiger partial charge in [0.15, 0.2) is 0 Å². The summed E-state index contributed by atoms with van der Waals surface area (Å²) in [7, 11) is 1.50. The first kappa shape index (κ1) is 19.0. The van der Waals surface area contributed by atoms with Crippen LogP contribution in [0.2, 0.25) is 0 Å². The summed E-state index contributed by atoms with van der Waals surface area (Å²) in [4.78, 5) is 11.4. The van der Waals surface area contributed by atoms with Crippen molar-refractivity contribution in [2.24, 2.45) is 11.7 Å². The number of benzene rings is 1. The number of amides is 1. The summed E-state index contributed by atoms with van der Waals surface area (Å²) in [6.45, 7) is 10.1. The topological polar surface area (TPSA) is 55.1 Å². The predicted molar refractivity (Wildman–Crippen MR) is 80.7 cm³/mol. The lowest BCUT2D eigenvalue weighted by Gasteiger charge is -2.06. The Hall–Kier alpha value is -1.35. The van der Waals surface area contributed by atoms with E-state index in [1.165, 1.54) is 12.6 Å². The van der Waals surface area contributed by atoms with Gasteiger partial charge in [-0.25, -0.2) is 0 Å². The number of nitrogens with one attached hydrogen (secondary N) is 1. The lowest BCUT2D eigenvalue weighted by molar-refractivity contribution is -0.116. The van der Waals surface area contributed by atoms with Gasteiger partial charge in [-0.2, -0.15) is 0 Å². The van der Waals surface area contributed by atoms with Crippen LogP contribution >= 0.6 is 0 Å². The summed E-state index contributed by atoms with van der Waals surface area (Å²) in [6, 6.07) is 7.83. The first-order valence-electron chi connectivity index (χ1n) is 6.52. The third-order valence-corrected chi connectivity index (χ3v) is 1.93. The number of hydrogen-bond donors (Lipinski definition) is 2. The zero-order valence-corrected chi connectivity index (χ0v) is 12.6. The normalized spacial score (nSPS) is 8.67. The van der Waals surface area contributed by atoms with Gasteiger partial charge in [0.1, 0.15) is 0 Å². The van der Waals surface area contributed by atoms with Gasteiger partial charge in [-0.05, 0) is 32.0 Å². The molecule has 18 heavy (non-hydrogen) atoms. The SMILES string of the molecule is CC.CN.Cc1ccc(NC(=O)CC(C)C)cc1. The Labute approximate surface area is 112 Å². The van der Waals surface area contributed by atoms with Crippen molar-refractivity contribution < 1.29 is 4.79 Å². The van der Waals surface area contributed by atoms with E-state index in [0.29, 0.717) is 12.3 Å². The smallest absolute Gasteiger partial charge is 0.224 e. The van der Waals surface area contributed by atoms with Crippen molar-refractivity contribution in [3.8, 4) is 0 Å². The van der Waals surface area contributed by atoms with Crippen LogP contribution in [-0.4, -0.2) is 13.0 Å². The molecule has 0 aromatic heterocycles. The van der Waals surface area contributed by atoms with Gasteiger partial charge < -0.3 is 11.1 Å². The maximum absolute atomic E-state index is 11.4. The summed E-state index contributed by atoms with van der Waals surface area (Å²) in [6.07, 6.45) is 0.577. The van der Waals surface area contributed by atoms with E-state index >= 15 is 0 Å². The molecule has 0 bridgehead atoms. The molecule has 104 valence electrons. The number of carbonyl (C=O) groups excluding carboxylic acids is 1. The van der Waals surface area contributed by atoms with Crippen molar-refractivity contribution in [3.63, 3.8) is 0 Å². The van der Waals surface area contributed by atoms with Crippen LogP contribution in [0.5, 0.6) is 0 Å². The van der Waals surface area contributed by atoms with Crippen molar-refractivity contribution in [1.82, 2.24) is 0 Å². The molecular formula is C15H28N2O. The van der Waals surface area contributed by atoms with Gasteiger partial charge in [-0.3, -0.25) is 4.79 Å². The minimum atomic E-state index is 0.0869. The Bertz CT molecular complexity index is 305. The Morgan fingerprint density at radius 2 is 1.61 bits per heavy atom. The fourth-order valence-corrected chi connectivity index (χ4v) is 1.22. The maximum atomic E-state index is 11.4. The molecular weight excluding hydrogens is 224 g/mol. The Morgan fingerprint density at radius 1 is 1.17 bits per heavy atom. The molecule has 3 heteroatoms. The highest BCUT2D eigenvalue weighted by atomic mass is 16.1. The summed E-state index contributed by atoms with van der Waals surface area (Å²) >= 11 is 0. The first-order chi connectivity index (χ1) is 8.58. The highest BCUT2D eigenvalue weighted by Crippen LogP contribution is 2.10.